The number of rotatable bonds is 6. The summed E-state index contributed by atoms with van der Waals surface area (Å²) in [5.74, 6) is -0.642. The van der Waals surface area contributed by atoms with Crippen molar-refractivity contribution in [2.75, 3.05) is 19.0 Å². The van der Waals surface area contributed by atoms with E-state index in [2.05, 4.69) is 10.1 Å². The first-order valence-corrected chi connectivity index (χ1v) is 7.22. The number of nitrogens with one attached hydrogen (secondary N) is 1. The molecule has 1 N–H and O–H groups in total. The Kier molecular flexibility index (Phi) is 5.68. The van der Waals surface area contributed by atoms with Gasteiger partial charge in [0.1, 0.15) is 5.75 Å². The molecule has 0 bridgehead atoms. The maximum absolute atomic E-state index is 12.0. The summed E-state index contributed by atoms with van der Waals surface area (Å²) in [4.78, 5) is 35.0. The van der Waals surface area contributed by atoms with Crippen molar-refractivity contribution in [3.05, 3.63) is 59.7 Å². The number of methoxy groups -OCH3 is 1. The van der Waals surface area contributed by atoms with E-state index in [1.165, 1.54) is 14.0 Å². The number of amides is 1. The second kappa shape index (κ2) is 7.92. The first-order valence-electron chi connectivity index (χ1n) is 7.22. The van der Waals surface area contributed by atoms with Crippen LogP contribution in [0.3, 0.4) is 0 Å². The summed E-state index contributed by atoms with van der Waals surface area (Å²) in [7, 11) is 1.27. The topological polar surface area (TPSA) is 81.7 Å². The first-order chi connectivity index (χ1) is 11.5. The Morgan fingerprint density at radius 2 is 1.79 bits per heavy atom. The summed E-state index contributed by atoms with van der Waals surface area (Å²) < 4.78 is 10.0. The van der Waals surface area contributed by atoms with E-state index in [0.717, 1.165) is 0 Å². The van der Waals surface area contributed by atoms with Gasteiger partial charge < -0.3 is 14.8 Å². The Labute approximate surface area is 139 Å². The van der Waals surface area contributed by atoms with Crippen molar-refractivity contribution in [3.63, 3.8) is 0 Å². The highest BCUT2D eigenvalue weighted by Crippen LogP contribution is 2.17. The molecule has 2 aromatic carbocycles. The number of ether oxygens (including phenoxy) is 2. The molecule has 1 amide bonds. The highest BCUT2D eigenvalue weighted by molar-refractivity contribution is 6.01. The van der Waals surface area contributed by atoms with E-state index < -0.39 is 11.9 Å². The van der Waals surface area contributed by atoms with Gasteiger partial charge >= 0.3 is 5.97 Å². The molecule has 0 heterocycles. The Balaban J connectivity index is 2.01. The summed E-state index contributed by atoms with van der Waals surface area (Å²) in [6, 6.07) is 13.1. The minimum absolute atomic E-state index is 0.0862. The van der Waals surface area contributed by atoms with Gasteiger partial charge in [-0.15, -0.1) is 0 Å². The molecular weight excluding hydrogens is 310 g/mol. The number of esters is 1. The number of hydrogen-bond acceptors (Lipinski definition) is 5. The van der Waals surface area contributed by atoms with Crippen LogP contribution in [0.2, 0.25) is 0 Å². The van der Waals surface area contributed by atoms with Crippen molar-refractivity contribution in [1.82, 2.24) is 0 Å². The fraction of sp³-hybridized carbons (Fsp3) is 0.167. The molecule has 124 valence electrons. The van der Waals surface area contributed by atoms with Crippen molar-refractivity contribution in [2.24, 2.45) is 0 Å². The van der Waals surface area contributed by atoms with Crippen molar-refractivity contribution >= 4 is 23.3 Å². The van der Waals surface area contributed by atoms with Crippen LogP contribution in [-0.2, 0) is 9.53 Å². The minimum Gasteiger partial charge on any atom is -0.484 e. The van der Waals surface area contributed by atoms with Crippen LogP contribution in [0.15, 0.2) is 48.5 Å². The normalized spacial score (nSPS) is 9.92. The van der Waals surface area contributed by atoms with Gasteiger partial charge in [-0.2, -0.15) is 0 Å². The molecule has 0 aliphatic carbocycles. The number of para-hydroxylation sites is 1. The summed E-state index contributed by atoms with van der Waals surface area (Å²) in [5, 5.41) is 2.60. The number of ketones is 1. The molecule has 0 spiro atoms. The highest BCUT2D eigenvalue weighted by atomic mass is 16.5. The molecule has 6 heteroatoms. The Morgan fingerprint density at radius 1 is 1.04 bits per heavy atom. The van der Waals surface area contributed by atoms with Crippen LogP contribution in [0.25, 0.3) is 0 Å². The van der Waals surface area contributed by atoms with Crippen LogP contribution in [-0.4, -0.2) is 31.4 Å². The summed E-state index contributed by atoms with van der Waals surface area (Å²) in [5.41, 5.74) is 1.10. The van der Waals surface area contributed by atoms with Gasteiger partial charge in [-0.3, -0.25) is 9.59 Å². The molecule has 2 aromatic rings. The van der Waals surface area contributed by atoms with E-state index >= 15 is 0 Å². The molecule has 0 unspecified atom stereocenters. The molecule has 2 rings (SSSR count). The van der Waals surface area contributed by atoms with Gasteiger partial charge in [-0.05, 0) is 31.2 Å². The van der Waals surface area contributed by atoms with E-state index in [1.807, 2.05) is 0 Å². The SMILES string of the molecule is COC(=O)c1ccccc1NC(=O)COc1cccc(C(C)=O)c1. The van der Waals surface area contributed by atoms with E-state index in [-0.39, 0.29) is 18.0 Å². The van der Waals surface area contributed by atoms with Crippen molar-refractivity contribution < 1.29 is 23.9 Å². The molecule has 0 saturated heterocycles. The summed E-state index contributed by atoms with van der Waals surface area (Å²) in [6.45, 7) is 1.20. The van der Waals surface area contributed by atoms with Crippen molar-refractivity contribution in [3.8, 4) is 5.75 Å². The van der Waals surface area contributed by atoms with E-state index in [4.69, 9.17) is 4.74 Å². The van der Waals surface area contributed by atoms with Crippen LogP contribution in [0.5, 0.6) is 5.75 Å². The van der Waals surface area contributed by atoms with Crippen LogP contribution >= 0.6 is 0 Å². The molecule has 0 radical (unpaired) electrons. The second-order valence-electron chi connectivity index (χ2n) is 4.96. The number of carbonyl (C=O) groups excluding carboxylic acids is 3. The van der Waals surface area contributed by atoms with Crippen LogP contribution in [0, 0.1) is 0 Å². The zero-order valence-electron chi connectivity index (χ0n) is 13.4. The third-order valence-electron chi connectivity index (χ3n) is 3.22. The molecule has 0 atom stereocenters. The quantitative estimate of drug-likeness (QED) is 0.651. The maximum Gasteiger partial charge on any atom is 0.339 e. The summed E-state index contributed by atoms with van der Waals surface area (Å²) >= 11 is 0. The van der Waals surface area contributed by atoms with Crippen LogP contribution in [0.4, 0.5) is 5.69 Å². The summed E-state index contributed by atoms with van der Waals surface area (Å²) in [6.07, 6.45) is 0. The van der Waals surface area contributed by atoms with Crippen LogP contribution in [0.1, 0.15) is 27.6 Å². The monoisotopic (exact) mass is 327 g/mol. The predicted molar refractivity (Wildman–Crippen MR) is 88.4 cm³/mol. The molecule has 0 saturated carbocycles. The molecule has 0 fully saturated rings. The smallest absolute Gasteiger partial charge is 0.339 e. The second-order valence-corrected chi connectivity index (χ2v) is 4.96. The van der Waals surface area contributed by atoms with Crippen molar-refractivity contribution in [2.45, 2.75) is 6.92 Å². The number of benzene rings is 2. The molecule has 24 heavy (non-hydrogen) atoms. The largest absolute Gasteiger partial charge is 0.484 e. The molecule has 0 aliphatic rings. The highest BCUT2D eigenvalue weighted by Gasteiger charge is 2.13. The lowest BCUT2D eigenvalue weighted by molar-refractivity contribution is -0.118. The van der Waals surface area contributed by atoms with Crippen molar-refractivity contribution in [1.29, 1.82) is 0 Å². The maximum atomic E-state index is 12.0. The van der Waals surface area contributed by atoms with Gasteiger partial charge in [0.05, 0.1) is 18.4 Å². The lowest BCUT2D eigenvalue weighted by atomic mass is 10.1. The number of anilines is 1. The molecule has 6 nitrogen and oxygen atoms in total. The lowest BCUT2D eigenvalue weighted by Crippen LogP contribution is -2.21. The van der Waals surface area contributed by atoms with Gasteiger partial charge in [-0.1, -0.05) is 24.3 Å². The molecule has 0 aromatic heterocycles. The average molecular weight is 327 g/mol. The third-order valence-corrected chi connectivity index (χ3v) is 3.22. The average Bonchev–Trinajstić information content (AvgIpc) is 2.60. The van der Waals surface area contributed by atoms with E-state index in [9.17, 15) is 14.4 Å². The fourth-order valence-corrected chi connectivity index (χ4v) is 2.02. The number of Topliss-reactive ketones (excluding diaryl/α,β-unsaturated/α-hetero) is 1. The predicted octanol–water partition coefficient (Wildman–Crippen LogP) is 2.69. The minimum atomic E-state index is -0.541. The zero-order chi connectivity index (χ0) is 17.5. The zero-order valence-corrected chi connectivity index (χ0v) is 13.4. The fourth-order valence-electron chi connectivity index (χ4n) is 2.02. The van der Waals surface area contributed by atoms with Gasteiger partial charge in [0.25, 0.3) is 5.91 Å². The van der Waals surface area contributed by atoms with E-state index in [0.29, 0.717) is 17.0 Å². The van der Waals surface area contributed by atoms with Gasteiger partial charge in [-0.25, -0.2) is 4.79 Å². The third kappa shape index (κ3) is 4.42. The molecule has 0 aliphatic heterocycles. The van der Waals surface area contributed by atoms with Gasteiger partial charge in [0.15, 0.2) is 12.4 Å². The van der Waals surface area contributed by atoms with E-state index in [1.54, 1.807) is 48.5 Å². The standard InChI is InChI=1S/C18H17NO5/c1-12(20)13-6-5-7-14(10-13)24-11-17(21)19-16-9-4-3-8-15(16)18(22)23-2/h3-10H,11H2,1-2H3,(H,19,21). The van der Waals surface area contributed by atoms with Gasteiger partial charge in [0.2, 0.25) is 0 Å². The lowest BCUT2D eigenvalue weighted by Gasteiger charge is -2.10. The first kappa shape index (κ1) is 17.2. The van der Waals surface area contributed by atoms with Crippen LogP contribution < -0.4 is 10.1 Å². The Bertz CT molecular complexity index is 770. The molecular formula is C18H17NO5. The Morgan fingerprint density at radius 3 is 2.50 bits per heavy atom. The number of carbonyl (C=O) groups is 3. The number of hydrogen-bond donors (Lipinski definition) is 1. The Hall–Kier alpha value is -3.15. The van der Waals surface area contributed by atoms with Gasteiger partial charge in [0, 0.05) is 5.56 Å².